The van der Waals surface area contributed by atoms with E-state index in [9.17, 15) is 18.0 Å². The maximum Gasteiger partial charge on any atom is 0.416 e. The van der Waals surface area contributed by atoms with Gasteiger partial charge in [-0.05, 0) is 37.1 Å². The molecule has 0 aliphatic heterocycles. The van der Waals surface area contributed by atoms with Gasteiger partial charge in [-0.2, -0.15) is 13.2 Å². The van der Waals surface area contributed by atoms with Crippen LogP contribution in [0.2, 0.25) is 0 Å². The number of nitriles is 1. The van der Waals surface area contributed by atoms with Gasteiger partial charge in [0.15, 0.2) is 0 Å². The van der Waals surface area contributed by atoms with E-state index in [0.29, 0.717) is 0 Å². The van der Waals surface area contributed by atoms with E-state index in [1.807, 2.05) is 0 Å². The maximum atomic E-state index is 12.6. The number of terminal acetylenes is 1. The Morgan fingerprint density at radius 2 is 1.62 bits per heavy atom. The Bertz CT molecular complexity index is 737. The van der Waals surface area contributed by atoms with Crippen molar-refractivity contribution in [1.82, 2.24) is 5.32 Å². The average molecular weight is 407 g/mol. The minimum Gasteiger partial charge on any atom is -0.387 e. The van der Waals surface area contributed by atoms with Gasteiger partial charge in [0, 0.05) is 18.8 Å². The molecule has 1 saturated carbocycles. The lowest BCUT2D eigenvalue weighted by Crippen LogP contribution is -2.32. The quantitative estimate of drug-likeness (QED) is 0.300. The first-order valence-corrected chi connectivity index (χ1v) is 8.64. The van der Waals surface area contributed by atoms with E-state index in [-0.39, 0.29) is 23.1 Å². The molecule has 1 aliphatic carbocycles. The van der Waals surface area contributed by atoms with Crippen molar-refractivity contribution in [2.24, 2.45) is 16.5 Å². The van der Waals surface area contributed by atoms with Gasteiger partial charge in [0.25, 0.3) is 5.91 Å². The third-order valence-electron chi connectivity index (χ3n) is 4.05. The monoisotopic (exact) mass is 407 g/mol. The second kappa shape index (κ2) is 12.8. The van der Waals surface area contributed by atoms with E-state index in [0.717, 1.165) is 37.8 Å². The van der Waals surface area contributed by atoms with Gasteiger partial charge < -0.3 is 16.8 Å². The molecule has 0 aromatic heterocycles. The summed E-state index contributed by atoms with van der Waals surface area (Å²) >= 11 is 0. The highest BCUT2D eigenvalue weighted by Gasteiger charge is 2.29. The smallest absolute Gasteiger partial charge is 0.387 e. The van der Waals surface area contributed by atoms with Gasteiger partial charge in [0.1, 0.15) is 5.84 Å². The predicted octanol–water partition coefficient (Wildman–Crippen LogP) is 3.37. The van der Waals surface area contributed by atoms with Crippen LogP contribution in [0.4, 0.5) is 18.9 Å². The number of carbonyl (C=O) groups is 1. The molecule has 1 amide bonds. The lowest BCUT2D eigenvalue weighted by atomic mass is 9.95. The van der Waals surface area contributed by atoms with Crippen LogP contribution in [0.15, 0.2) is 41.0 Å². The Morgan fingerprint density at radius 3 is 2.07 bits per heavy atom. The number of nitrogens with two attached hydrogens (primary N) is 2. The second-order valence-electron chi connectivity index (χ2n) is 5.97. The molecule has 0 radical (unpaired) electrons. The van der Waals surface area contributed by atoms with Crippen molar-refractivity contribution in [3.8, 4) is 19.4 Å². The summed E-state index contributed by atoms with van der Waals surface area (Å²) in [7, 11) is 0. The summed E-state index contributed by atoms with van der Waals surface area (Å²) in [5.41, 5.74) is 10.6. The maximum absolute atomic E-state index is 12.6. The van der Waals surface area contributed by atoms with Crippen molar-refractivity contribution in [3.05, 3.63) is 41.6 Å². The fourth-order valence-corrected chi connectivity index (χ4v) is 2.67. The van der Waals surface area contributed by atoms with E-state index in [1.54, 1.807) is 0 Å². The number of rotatable bonds is 5. The molecular weight excluding hydrogens is 383 g/mol. The first-order chi connectivity index (χ1) is 13.8. The third kappa shape index (κ3) is 8.85. The Kier molecular flexibility index (Phi) is 11.3. The molecule has 0 heterocycles. The molecule has 2 rings (SSSR count). The van der Waals surface area contributed by atoms with Crippen molar-refractivity contribution in [3.63, 3.8) is 0 Å². The normalized spacial score (nSPS) is 15.1. The molecule has 5 N–H and O–H groups in total. The number of halogens is 3. The van der Waals surface area contributed by atoms with Crippen molar-refractivity contribution in [2.45, 2.75) is 44.3 Å². The first kappa shape index (κ1) is 25.5. The largest absolute Gasteiger partial charge is 0.416 e. The number of aliphatic imine (C=N–C) groups is 1. The van der Waals surface area contributed by atoms with Crippen LogP contribution in [0.5, 0.6) is 0 Å². The second-order valence-corrected chi connectivity index (χ2v) is 5.97. The average Bonchev–Trinajstić information content (AvgIpc) is 2.71. The number of nitrogens with zero attached hydrogens (tertiary/aromatic N) is 2. The molecule has 6 nitrogen and oxygen atoms in total. The Labute approximate surface area is 168 Å². The summed E-state index contributed by atoms with van der Waals surface area (Å²) in [6.45, 7) is 3.50. The molecule has 0 spiro atoms. The summed E-state index contributed by atoms with van der Waals surface area (Å²) in [6.07, 6.45) is 10.5. The Balaban J connectivity index is 0.00000184. The molecule has 9 heteroatoms. The van der Waals surface area contributed by atoms with Crippen molar-refractivity contribution in [2.75, 3.05) is 0 Å². The summed E-state index contributed by atoms with van der Waals surface area (Å²) < 4.78 is 37.7. The van der Waals surface area contributed by atoms with Gasteiger partial charge in [-0.25, -0.2) is 10.3 Å². The summed E-state index contributed by atoms with van der Waals surface area (Å²) in [5.74, 6) is -0.896. The van der Waals surface area contributed by atoms with Crippen LogP contribution in [0.25, 0.3) is 0 Å². The lowest BCUT2D eigenvalue weighted by Gasteiger charge is -2.22. The number of amides is 1. The molecule has 29 heavy (non-hydrogen) atoms. The third-order valence-corrected chi connectivity index (χ3v) is 4.05. The molecular formula is C20H24F3N5O. The topological polar surface area (TPSA) is 117 Å². The summed E-state index contributed by atoms with van der Waals surface area (Å²) in [6, 6.07) is 4.42. The van der Waals surface area contributed by atoms with Crippen molar-refractivity contribution in [1.29, 1.82) is 5.26 Å². The van der Waals surface area contributed by atoms with Gasteiger partial charge in [0.2, 0.25) is 0 Å². The standard InChI is InChI=1S/C17H21F3N4O.C2H2.CHN/c18-17(19,20)11-6-8-13(9-7-11)24-15(21)14(16(22)25)10-23-12-4-2-1-3-5-12;2*1-2/h6-10,12,23H,1-5H2,(H2,21,24)(H2,22,25);1-2H;1H/b14-10+;;. The van der Waals surface area contributed by atoms with Crippen molar-refractivity contribution >= 4 is 17.4 Å². The summed E-state index contributed by atoms with van der Waals surface area (Å²) in [4.78, 5) is 15.6. The Hall–Kier alpha value is -3.46. The van der Waals surface area contributed by atoms with E-state index >= 15 is 0 Å². The molecule has 1 fully saturated rings. The number of primary amides is 1. The fraction of sp³-hybridized carbons (Fsp3) is 0.350. The SMILES string of the molecule is C#C.C#N.NC(=O)/C(=C/NC1CCCCC1)C(N)=Nc1ccc(C(F)(F)F)cc1. The van der Waals surface area contributed by atoms with Crippen LogP contribution in [-0.4, -0.2) is 17.8 Å². The Morgan fingerprint density at radius 1 is 1.10 bits per heavy atom. The van der Waals surface area contributed by atoms with Crippen LogP contribution in [0, 0.1) is 24.7 Å². The van der Waals surface area contributed by atoms with E-state index in [4.69, 9.17) is 16.7 Å². The number of nitrogens with one attached hydrogen (secondary N) is 1. The van der Waals surface area contributed by atoms with Gasteiger partial charge >= 0.3 is 6.18 Å². The number of hydrogen-bond acceptors (Lipinski definition) is 4. The number of hydrogen-bond donors (Lipinski definition) is 3. The number of carbonyl (C=O) groups excluding carboxylic acids is 1. The molecule has 156 valence electrons. The van der Waals surface area contributed by atoms with E-state index < -0.39 is 17.6 Å². The molecule has 1 aromatic rings. The predicted molar refractivity (Wildman–Crippen MR) is 107 cm³/mol. The molecule has 1 aromatic carbocycles. The van der Waals surface area contributed by atoms with Crippen LogP contribution in [0.1, 0.15) is 37.7 Å². The highest BCUT2D eigenvalue weighted by Crippen LogP contribution is 2.30. The number of alkyl halides is 3. The zero-order valence-corrected chi connectivity index (χ0v) is 15.8. The molecule has 0 bridgehead atoms. The van der Waals surface area contributed by atoms with Crippen molar-refractivity contribution < 1.29 is 18.0 Å². The minimum absolute atomic E-state index is 0.00507. The van der Waals surface area contributed by atoms with Gasteiger partial charge in [0.05, 0.1) is 16.8 Å². The highest BCUT2D eigenvalue weighted by atomic mass is 19.4. The van der Waals surface area contributed by atoms with Gasteiger partial charge in [-0.1, -0.05) is 19.3 Å². The van der Waals surface area contributed by atoms with Crippen LogP contribution < -0.4 is 16.8 Å². The molecule has 0 atom stereocenters. The molecule has 1 aliphatic rings. The minimum atomic E-state index is -4.42. The van der Waals surface area contributed by atoms with Crippen LogP contribution in [0.3, 0.4) is 0 Å². The van der Waals surface area contributed by atoms with Crippen LogP contribution >= 0.6 is 0 Å². The zero-order valence-electron chi connectivity index (χ0n) is 15.8. The van der Waals surface area contributed by atoms with Gasteiger partial charge in [-0.3, -0.25) is 4.79 Å². The van der Waals surface area contributed by atoms with Gasteiger partial charge in [-0.15, -0.1) is 12.8 Å². The highest BCUT2D eigenvalue weighted by molar-refractivity contribution is 6.20. The van der Waals surface area contributed by atoms with Crippen LogP contribution in [-0.2, 0) is 11.0 Å². The lowest BCUT2D eigenvalue weighted by molar-refractivity contribution is -0.137. The molecule has 0 unspecified atom stereocenters. The first-order valence-electron chi connectivity index (χ1n) is 8.64. The molecule has 0 saturated heterocycles. The number of amidine groups is 1. The zero-order chi connectivity index (χ0) is 22.4. The number of benzene rings is 1. The van der Waals surface area contributed by atoms with E-state index in [1.165, 1.54) is 24.8 Å². The van der Waals surface area contributed by atoms with E-state index in [2.05, 4.69) is 29.7 Å². The summed E-state index contributed by atoms with van der Waals surface area (Å²) in [5, 5.41) is 9.63. The fourth-order valence-electron chi connectivity index (χ4n) is 2.67.